The summed E-state index contributed by atoms with van der Waals surface area (Å²) < 4.78 is 6.15. The Morgan fingerprint density at radius 3 is 1.79 bits per heavy atom. The van der Waals surface area contributed by atoms with Crippen molar-refractivity contribution in [2.45, 2.75) is 98.8 Å². The molecule has 3 heteroatoms. The molecule has 0 amide bonds. The summed E-state index contributed by atoms with van der Waals surface area (Å²) in [6, 6.07) is 33.0. The molecule has 0 saturated heterocycles. The first kappa shape index (κ1) is 38.5. The van der Waals surface area contributed by atoms with E-state index in [1.54, 1.807) is 12.1 Å². The van der Waals surface area contributed by atoms with E-state index in [-0.39, 0.29) is 41.1 Å². The number of hydrogen-bond donors (Lipinski definition) is 0. The van der Waals surface area contributed by atoms with Gasteiger partial charge in [0.25, 0.3) is 0 Å². The van der Waals surface area contributed by atoms with E-state index in [1.165, 1.54) is 55.7 Å². The monoisotopic (exact) mass is 752 g/mol. The van der Waals surface area contributed by atoms with Crippen molar-refractivity contribution in [1.29, 1.82) is 0 Å². The molecule has 0 spiro atoms. The molecule has 250 valence electrons. The fourth-order valence-corrected chi connectivity index (χ4v) is 14.9. The van der Waals surface area contributed by atoms with Crippen LogP contribution in [0.25, 0.3) is 16.7 Å². The Morgan fingerprint density at radius 2 is 1.21 bits per heavy atom. The average Bonchev–Trinajstić information content (AvgIpc) is 3.50. The molecule has 6 rings (SSSR count). The molecule has 0 aliphatic heterocycles. The molecule has 0 bridgehead atoms. The molecule has 0 radical (unpaired) electrons. The summed E-state index contributed by atoms with van der Waals surface area (Å²) in [5.74, 6) is 0.430. The molecule has 1 atom stereocenters. The van der Waals surface area contributed by atoms with Crippen LogP contribution < -0.4 is 28.1 Å². The molecule has 0 saturated carbocycles. The van der Waals surface area contributed by atoms with E-state index in [2.05, 4.69) is 171 Å². The van der Waals surface area contributed by atoms with Crippen LogP contribution in [-0.4, -0.2) is 3.71 Å². The van der Waals surface area contributed by atoms with Gasteiger partial charge in [0.05, 0.1) is 0 Å². The van der Waals surface area contributed by atoms with E-state index in [0.29, 0.717) is 5.92 Å². The van der Waals surface area contributed by atoms with Crippen LogP contribution in [0.15, 0.2) is 99.9 Å². The van der Waals surface area contributed by atoms with Crippen molar-refractivity contribution < 1.29 is 46.1 Å². The van der Waals surface area contributed by atoms with Crippen LogP contribution in [0.3, 0.4) is 0 Å². The third-order valence-electron chi connectivity index (χ3n) is 10.2. The normalized spacial score (nSPS) is 15.8. The predicted octanol–water partition coefficient (Wildman–Crippen LogP) is 5.26. The van der Waals surface area contributed by atoms with Gasteiger partial charge in [0.15, 0.2) is 0 Å². The summed E-state index contributed by atoms with van der Waals surface area (Å²) >= 11 is -2.66. The van der Waals surface area contributed by atoms with Gasteiger partial charge in [0.1, 0.15) is 0 Å². The van der Waals surface area contributed by atoms with Crippen molar-refractivity contribution >= 4 is 12.6 Å². The van der Waals surface area contributed by atoms with E-state index in [4.69, 9.17) is 0 Å². The van der Waals surface area contributed by atoms with Crippen LogP contribution in [0, 0.1) is 5.92 Å². The van der Waals surface area contributed by atoms with Gasteiger partial charge in [-0.15, -0.1) is 0 Å². The number of hydrogen-bond acceptors (Lipinski definition) is 0. The van der Waals surface area contributed by atoms with Crippen LogP contribution >= 0.6 is 0 Å². The molecule has 0 aromatic heterocycles. The maximum Gasteiger partial charge on any atom is -1.00 e. The number of allylic oxidation sites excluding steroid dienone is 4. The van der Waals surface area contributed by atoms with Gasteiger partial charge in [-0.25, -0.2) is 0 Å². The Hall–Kier alpha value is -2.31. The van der Waals surface area contributed by atoms with Crippen LogP contribution in [0.1, 0.15) is 115 Å². The second kappa shape index (κ2) is 14.1. The first-order chi connectivity index (χ1) is 21.5. The van der Waals surface area contributed by atoms with E-state index >= 15 is 0 Å². The van der Waals surface area contributed by atoms with Gasteiger partial charge >= 0.3 is 288 Å². The van der Waals surface area contributed by atoms with Crippen molar-refractivity contribution in [1.82, 2.24) is 0 Å². The molecule has 4 aromatic rings. The minimum atomic E-state index is -2.66. The van der Waals surface area contributed by atoms with Crippen LogP contribution in [-0.2, 0) is 43.9 Å². The van der Waals surface area contributed by atoms with Gasteiger partial charge in [-0.3, -0.25) is 0 Å². The molecule has 2 aliphatic rings. The van der Waals surface area contributed by atoms with E-state index in [0.717, 1.165) is 6.42 Å². The summed E-state index contributed by atoms with van der Waals surface area (Å²) in [7, 11) is 0. The topological polar surface area (TPSA) is 0 Å². The first-order valence-electron chi connectivity index (χ1n) is 17.1. The average molecular weight is 755 g/mol. The van der Waals surface area contributed by atoms with Crippen molar-refractivity contribution in [2.75, 3.05) is 0 Å². The van der Waals surface area contributed by atoms with Gasteiger partial charge in [-0.1, -0.05) is 0 Å². The molecule has 1 unspecified atom stereocenters. The summed E-state index contributed by atoms with van der Waals surface area (Å²) in [4.78, 5) is 0. The number of benzene rings is 4. The molecule has 0 heterocycles. The number of halogens is 2. The molecular formula is C45H52Cl2Zr. The Kier molecular flexibility index (Phi) is 11.3. The Morgan fingerprint density at radius 1 is 0.646 bits per heavy atom. The molecular weight excluding hydrogens is 703 g/mol. The largest absolute Gasteiger partial charge is 1.00 e. The molecule has 0 fully saturated rings. The van der Waals surface area contributed by atoms with E-state index in [1.807, 2.05) is 0 Å². The summed E-state index contributed by atoms with van der Waals surface area (Å²) in [5, 5.41) is 0. The zero-order valence-corrected chi connectivity index (χ0v) is 34.7. The fourth-order valence-electron chi connectivity index (χ4n) is 7.28. The molecule has 2 aliphatic carbocycles. The van der Waals surface area contributed by atoms with Crippen LogP contribution in [0.5, 0.6) is 0 Å². The van der Waals surface area contributed by atoms with Gasteiger partial charge in [-0.05, 0) is 0 Å². The fraction of sp³-hybridized carbons (Fsp3) is 0.356. The standard InChI is InChI=1S/C21H25.C13H13.C11H14.2ClH.Zr/c1-20(2,3)16-9-7-14-11-15-8-10-17(21(4,5)6)13-19(15)18(14)12-16;1-10-8-11(2)13(9-10)12-6-4-3-5-7-12;1-9-5-7-10(8-6-9)11(2,3)4;;;/h7,9-10,12-13H,11H2,1-6H3;3-7,9-10H,1-2H3;1,5-8H,2-4H3;2*1H;/q;;;;;+2/p-2. The first-order valence-corrected chi connectivity index (χ1v) is 21.0. The Bertz CT molecular complexity index is 1900. The summed E-state index contributed by atoms with van der Waals surface area (Å²) in [6.45, 7) is 25.9. The van der Waals surface area contributed by atoms with Crippen molar-refractivity contribution in [3.63, 3.8) is 0 Å². The molecule has 0 N–H and O–H groups in total. The smallest absolute Gasteiger partial charge is 1.00 e. The van der Waals surface area contributed by atoms with Crippen molar-refractivity contribution in [2.24, 2.45) is 5.92 Å². The maximum absolute atomic E-state index is 2.76. The second-order valence-electron chi connectivity index (χ2n) is 16.8. The predicted molar refractivity (Wildman–Crippen MR) is 198 cm³/mol. The van der Waals surface area contributed by atoms with Gasteiger partial charge in [0, 0.05) is 0 Å². The third-order valence-corrected chi connectivity index (χ3v) is 17.7. The van der Waals surface area contributed by atoms with E-state index in [9.17, 15) is 0 Å². The summed E-state index contributed by atoms with van der Waals surface area (Å²) in [5.41, 5.74) is 16.3. The zero-order valence-electron chi connectivity index (χ0n) is 30.8. The maximum atomic E-state index is 2.76. The SMILES string of the molecule is CC1=[C](/[Zr+2](=[CH]/c2ccc(C(C)(C)C)cc2)[c]2cc(C(C)(C)C)cc3c2Cc2ccc(C(C)(C)C)cc2-3)C(C)C=C1c1ccccc1.[Cl-].[Cl-]. The Labute approximate surface area is 311 Å². The minimum absolute atomic E-state index is 0. The number of rotatable bonds is 4. The summed E-state index contributed by atoms with van der Waals surface area (Å²) in [6.07, 6.45) is 3.59. The van der Waals surface area contributed by atoms with Crippen LogP contribution in [0.2, 0.25) is 0 Å². The van der Waals surface area contributed by atoms with Crippen LogP contribution in [0.4, 0.5) is 0 Å². The second-order valence-corrected chi connectivity index (χ2v) is 22.2. The minimum Gasteiger partial charge on any atom is -1.00 e. The third kappa shape index (κ3) is 7.55. The van der Waals surface area contributed by atoms with Gasteiger partial charge < -0.3 is 24.8 Å². The Balaban J connectivity index is 0.00000260. The van der Waals surface area contributed by atoms with E-state index < -0.39 is 21.3 Å². The number of fused-ring (bicyclic) bond motifs is 3. The van der Waals surface area contributed by atoms with Gasteiger partial charge in [0.2, 0.25) is 0 Å². The molecule has 4 aromatic carbocycles. The molecule has 48 heavy (non-hydrogen) atoms. The quantitative estimate of drug-likeness (QED) is 0.235. The zero-order chi connectivity index (χ0) is 33.2. The van der Waals surface area contributed by atoms with Crippen molar-refractivity contribution in [3.05, 3.63) is 139 Å². The molecule has 0 nitrogen and oxygen atoms in total. The van der Waals surface area contributed by atoms with Crippen molar-refractivity contribution in [3.8, 4) is 11.1 Å². The van der Waals surface area contributed by atoms with Gasteiger partial charge in [-0.2, -0.15) is 0 Å².